The minimum Gasteiger partial charge on any atom is -0.347 e. The van der Waals surface area contributed by atoms with Gasteiger partial charge in [0.2, 0.25) is 0 Å². The Hall–Kier alpha value is -2.06. The third-order valence-electron chi connectivity index (χ3n) is 5.88. The molecule has 4 nitrogen and oxygen atoms in total. The molecule has 2 bridgehead atoms. The summed E-state index contributed by atoms with van der Waals surface area (Å²) in [6.45, 7) is 4.40. The number of alkyl halides is 3. The summed E-state index contributed by atoms with van der Waals surface area (Å²) >= 11 is 1.26. The summed E-state index contributed by atoms with van der Waals surface area (Å²) < 4.78 is 37.9. The molecule has 8 heteroatoms. The van der Waals surface area contributed by atoms with Crippen LogP contribution < -0.4 is 5.32 Å². The van der Waals surface area contributed by atoms with Crippen molar-refractivity contribution in [1.29, 1.82) is 0 Å². The lowest BCUT2D eigenvalue weighted by atomic mass is 9.79. The molecule has 2 aromatic rings. The number of nitrogens with zero attached hydrogens (tertiary/aromatic N) is 2. The molecule has 29 heavy (non-hydrogen) atoms. The summed E-state index contributed by atoms with van der Waals surface area (Å²) in [4.78, 5) is 19.8. The van der Waals surface area contributed by atoms with Crippen LogP contribution in [-0.4, -0.2) is 41.0 Å². The Bertz CT molecular complexity index is 860. The van der Waals surface area contributed by atoms with Crippen LogP contribution in [0.25, 0.3) is 0 Å². The number of hydrogen-bond acceptors (Lipinski definition) is 4. The summed E-state index contributed by atoms with van der Waals surface area (Å²) in [6.07, 6.45) is -1.30. The van der Waals surface area contributed by atoms with Crippen molar-refractivity contribution >= 4 is 17.7 Å². The molecule has 3 fully saturated rings. The van der Waals surface area contributed by atoms with E-state index < -0.39 is 11.7 Å². The summed E-state index contributed by atoms with van der Waals surface area (Å²) in [6, 6.07) is 9.97. The normalized spacial score (nSPS) is 26.3. The maximum Gasteiger partial charge on any atom is 0.417 e. The Balaban J connectivity index is 1.38. The molecule has 2 unspecified atom stereocenters. The van der Waals surface area contributed by atoms with Crippen LogP contribution in [0.2, 0.25) is 0 Å². The Morgan fingerprint density at radius 3 is 2.38 bits per heavy atom. The van der Waals surface area contributed by atoms with Crippen LogP contribution in [0, 0.1) is 5.92 Å². The second-order valence-electron chi connectivity index (χ2n) is 7.62. The predicted molar refractivity (Wildman–Crippen MR) is 105 cm³/mol. The number of fused-ring (bicyclic) bond motifs is 3. The molecule has 3 aliphatic heterocycles. The van der Waals surface area contributed by atoms with Crippen LogP contribution in [0.1, 0.15) is 35.7 Å². The third kappa shape index (κ3) is 4.43. The third-order valence-corrected chi connectivity index (χ3v) is 6.84. The fourth-order valence-corrected chi connectivity index (χ4v) is 4.94. The highest BCUT2D eigenvalue weighted by atomic mass is 32.2. The van der Waals surface area contributed by atoms with Gasteiger partial charge in [0, 0.05) is 28.7 Å². The molecular formula is C21H22F3N3OS. The monoisotopic (exact) mass is 421 g/mol. The van der Waals surface area contributed by atoms with E-state index in [1.54, 1.807) is 24.3 Å². The number of halogens is 3. The number of nitrogens with one attached hydrogen (secondary N) is 1. The van der Waals surface area contributed by atoms with Gasteiger partial charge in [-0.1, -0.05) is 11.8 Å². The molecule has 5 rings (SSSR count). The second kappa shape index (κ2) is 7.99. The Kier molecular flexibility index (Phi) is 5.57. The molecule has 1 N–H and O–H groups in total. The van der Waals surface area contributed by atoms with Gasteiger partial charge >= 0.3 is 6.18 Å². The fraction of sp³-hybridized carbons (Fsp3) is 0.429. The van der Waals surface area contributed by atoms with Gasteiger partial charge < -0.3 is 5.32 Å². The maximum atomic E-state index is 12.7. The van der Waals surface area contributed by atoms with E-state index in [4.69, 9.17) is 0 Å². The predicted octanol–water partition coefficient (Wildman–Crippen LogP) is 4.46. The van der Waals surface area contributed by atoms with Crippen molar-refractivity contribution < 1.29 is 18.0 Å². The van der Waals surface area contributed by atoms with Crippen molar-refractivity contribution in [1.82, 2.24) is 15.2 Å². The van der Waals surface area contributed by atoms with Gasteiger partial charge in [-0.25, -0.2) is 4.98 Å². The van der Waals surface area contributed by atoms with Crippen LogP contribution in [0.3, 0.4) is 0 Å². The van der Waals surface area contributed by atoms with Gasteiger partial charge in [0.05, 0.1) is 5.56 Å². The molecular weight excluding hydrogens is 399 g/mol. The molecule has 1 aromatic heterocycles. The summed E-state index contributed by atoms with van der Waals surface area (Å²) in [5.41, 5.74) is -0.186. The van der Waals surface area contributed by atoms with E-state index in [-0.39, 0.29) is 11.9 Å². The van der Waals surface area contributed by atoms with Gasteiger partial charge in [-0.05, 0) is 75.2 Å². The molecule has 4 heterocycles. The van der Waals surface area contributed by atoms with Crippen LogP contribution >= 0.6 is 11.8 Å². The number of pyridine rings is 1. The number of hydrogen-bond donors (Lipinski definition) is 1. The van der Waals surface area contributed by atoms with E-state index in [1.807, 2.05) is 0 Å². The zero-order valence-electron chi connectivity index (χ0n) is 15.9. The molecule has 3 saturated heterocycles. The highest BCUT2D eigenvalue weighted by Gasteiger charge is 2.40. The number of piperidine rings is 3. The van der Waals surface area contributed by atoms with Gasteiger partial charge in [-0.2, -0.15) is 13.2 Å². The molecule has 3 aliphatic rings. The lowest BCUT2D eigenvalue weighted by molar-refractivity contribution is -0.137. The first-order valence-electron chi connectivity index (χ1n) is 9.67. The summed E-state index contributed by atoms with van der Waals surface area (Å²) in [7, 11) is 0. The first-order chi connectivity index (χ1) is 13.8. The molecule has 0 spiro atoms. The van der Waals surface area contributed by atoms with E-state index in [9.17, 15) is 18.0 Å². The second-order valence-corrected chi connectivity index (χ2v) is 8.72. The number of rotatable bonds is 4. The highest BCUT2D eigenvalue weighted by molar-refractivity contribution is 7.99. The molecule has 2 atom stereocenters. The summed E-state index contributed by atoms with van der Waals surface area (Å²) in [5.74, 6) is 0.458. The molecule has 0 aliphatic carbocycles. The van der Waals surface area contributed by atoms with Gasteiger partial charge in [-0.15, -0.1) is 0 Å². The van der Waals surface area contributed by atoms with Crippen molar-refractivity contribution in [2.75, 3.05) is 13.1 Å². The number of benzene rings is 1. The van der Waals surface area contributed by atoms with Crippen molar-refractivity contribution in [2.24, 2.45) is 5.92 Å². The van der Waals surface area contributed by atoms with Gasteiger partial charge in [0.25, 0.3) is 5.91 Å². The summed E-state index contributed by atoms with van der Waals surface area (Å²) in [5, 5.41) is 3.67. The first-order valence-corrected chi connectivity index (χ1v) is 10.5. The van der Waals surface area contributed by atoms with Crippen molar-refractivity contribution in [3.8, 4) is 0 Å². The van der Waals surface area contributed by atoms with E-state index in [0.717, 1.165) is 43.1 Å². The van der Waals surface area contributed by atoms with Crippen LogP contribution in [0.15, 0.2) is 52.5 Å². The van der Waals surface area contributed by atoms with E-state index in [1.165, 1.54) is 17.8 Å². The standard InChI is InChI=1S/C21H22F3N3OS/c1-13-19(14-8-10-27(13)11-9-14)26-20(28)15-2-5-17(6-3-15)29-18-7-4-16(12-25-18)21(22,23)24/h2-7,12-14,19H,8-11H2,1H3,(H,26,28). The minimum atomic E-state index is -4.39. The van der Waals surface area contributed by atoms with Crippen LogP contribution in [0.5, 0.6) is 0 Å². The van der Waals surface area contributed by atoms with Gasteiger partial charge in [-0.3, -0.25) is 9.69 Å². The van der Waals surface area contributed by atoms with E-state index in [0.29, 0.717) is 22.5 Å². The molecule has 0 radical (unpaired) electrons. The lowest BCUT2D eigenvalue weighted by Gasteiger charge is -2.49. The van der Waals surface area contributed by atoms with E-state index >= 15 is 0 Å². The van der Waals surface area contributed by atoms with Crippen molar-refractivity contribution in [3.63, 3.8) is 0 Å². The zero-order valence-corrected chi connectivity index (χ0v) is 16.8. The Morgan fingerprint density at radius 2 is 1.83 bits per heavy atom. The largest absolute Gasteiger partial charge is 0.417 e. The Morgan fingerprint density at radius 1 is 1.14 bits per heavy atom. The van der Waals surface area contributed by atoms with E-state index in [2.05, 4.69) is 22.1 Å². The lowest BCUT2D eigenvalue weighted by Crippen LogP contribution is -2.62. The number of amides is 1. The number of carbonyl (C=O) groups excluding carboxylic acids is 1. The first kappa shape index (κ1) is 20.2. The average Bonchev–Trinajstić information content (AvgIpc) is 2.71. The average molecular weight is 421 g/mol. The highest BCUT2D eigenvalue weighted by Crippen LogP contribution is 2.33. The molecule has 1 aromatic carbocycles. The minimum absolute atomic E-state index is 0.0835. The zero-order chi connectivity index (χ0) is 20.6. The van der Waals surface area contributed by atoms with Crippen molar-refractivity contribution in [3.05, 3.63) is 53.7 Å². The topological polar surface area (TPSA) is 45.2 Å². The fourth-order valence-electron chi connectivity index (χ4n) is 4.18. The van der Waals surface area contributed by atoms with Gasteiger partial charge in [0.15, 0.2) is 0 Å². The Labute approximate surface area is 171 Å². The quantitative estimate of drug-likeness (QED) is 0.792. The van der Waals surface area contributed by atoms with Crippen molar-refractivity contribution in [2.45, 2.75) is 47.9 Å². The molecule has 154 valence electrons. The van der Waals surface area contributed by atoms with Crippen LogP contribution in [0.4, 0.5) is 13.2 Å². The number of carbonyl (C=O) groups is 1. The molecule has 0 saturated carbocycles. The smallest absolute Gasteiger partial charge is 0.347 e. The van der Waals surface area contributed by atoms with Gasteiger partial charge in [0.1, 0.15) is 5.03 Å². The number of aromatic nitrogens is 1. The maximum absolute atomic E-state index is 12.7. The van der Waals surface area contributed by atoms with Crippen LogP contribution in [-0.2, 0) is 6.18 Å². The molecule has 1 amide bonds. The SMILES string of the molecule is CC1C(NC(=O)c2ccc(Sc3ccc(C(F)(F)F)cn3)cc2)C2CCN1CC2.